The maximum Gasteiger partial charge on any atom is 0.320 e. The topological polar surface area (TPSA) is 69.6 Å². The van der Waals surface area contributed by atoms with Gasteiger partial charge in [-0.25, -0.2) is 0 Å². The molecule has 0 aliphatic carbocycles. The number of likely N-dealkylation sites (tertiary alicyclic amines) is 1. The zero-order valence-corrected chi connectivity index (χ0v) is 13.4. The lowest BCUT2D eigenvalue weighted by molar-refractivity contribution is -0.140. The van der Waals surface area contributed by atoms with Crippen molar-refractivity contribution in [3.05, 3.63) is 0 Å². The van der Waals surface area contributed by atoms with E-state index < -0.39 is 12.0 Å². The normalized spacial score (nSPS) is 23.9. The molecule has 1 aliphatic heterocycles. The summed E-state index contributed by atoms with van der Waals surface area (Å²) in [6.45, 7) is 7.94. The number of carbonyl (C=O) groups excluding carboxylic acids is 1. The molecule has 1 heterocycles. The minimum absolute atomic E-state index is 0. The minimum atomic E-state index is -0.880. The van der Waals surface area contributed by atoms with Crippen LogP contribution in [0.4, 0.5) is 0 Å². The first-order valence-corrected chi connectivity index (χ1v) is 7.18. The standard InChI is InChI=1S/C14H26N2O3.ClH/c1-4-5-12(14(18)19)15-7-13(17)16-8-10(2)6-11(3)9-16;/h10-12,15H,4-9H2,1-3H3,(H,18,19);1H. The van der Waals surface area contributed by atoms with Crippen LogP contribution >= 0.6 is 12.4 Å². The average molecular weight is 307 g/mol. The number of rotatable bonds is 6. The van der Waals surface area contributed by atoms with E-state index >= 15 is 0 Å². The van der Waals surface area contributed by atoms with Gasteiger partial charge in [-0.2, -0.15) is 0 Å². The maximum absolute atomic E-state index is 12.1. The van der Waals surface area contributed by atoms with Crippen LogP contribution in [-0.4, -0.2) is 47.6 Å². The van der Waals surface area contributed by atoms with E-state index in [9.17, 15) is 9.59 Å². The second-order valence-corrected chi connectivity index (χ2v) is 5.81. The molecule has 0 saturated carbocycles. The van der Waals surface area contributed by atoms with Gasteiger partial charge in [-0.1, -0.05) is 27.2 Å². The summed E-state index contributed by atoms with van der Waals surface area (Å²) >= 11 is 0. The third kappa shape index (κ3) is 6.09. The van der Waals surface area contributed by atoms with Gasteiger partial charge in [-0.3, -0.25) is 14.9 Å². The molecule has 3 atom stereocenters. The molecule has 1 fully saturated rings. The molecule has 20 heavy (non-hydrogen) atoms. The molecule has 6 heteroatoms. The number of hydrogen-bond donors (Lipinski definition) is 2. The fourth-order valence-corrected chi connectivity index (χ4v) is 2.79. The molecule has 0 spiro atoms. The number of nitrogens with one attached hydrogen (secondary N) is 1. The zero-order valence-electron chi connectivity index (χ0n) is 12.6. The molecule has 1 aliphatic rings. The van der Waals surface area contributed by atoms with Crippen molar-refractivity contribution in [2.24, 2.45) is 11.8 Å². The van der Waals surface area contributed by atoms with Crippen LogP contribution in [0.25, 0.3) is 0 Å². The Morgan fingerprint density at radius 3 is 2.30 bits per heavy atom. The monoisotopic (exact) mass is 306 g/mol. The summed E-state index contributed by atoms with van der Waals surface area (Å²) in [6.07, 6.45) is 2.50. The highest BCUT2D eigenvalue weighted by atomic mass is 35.5. The summed E-state index contributed by atoms with van der Waals surface area (Å²) in [7, 11) is 0. The van der Waals surface area contributed by atoms with E-state index in [1.54, 1.807) is 0 Å². The van der Waals surface area contributed by atoms with Crippen molar-refractivity contribution >= 4 is 24.3 Å². The van der Waals surface area contributed by atoms with Crippen molar-refractivity contribution in [2.45, 2.75) is 46.1 Å². The summed E-state index contributed by atoms with van der Waals surface area (Å²) in [5.41, 5.74) is 0. The number of hydrogen-bond acceptors (Lipinski definition) is 3. The highest BCUT2D eigenvalue weighted by molar-refractivity contribution is 5.85. The van der Waals surface area contributed by atoms with Crippen LogP contribution in [0.1, 0.15) is 40.0 Å². The smallest absolute Gasteiger partial charge is 0.320 e. The van der Waals surface area contributed by atoms with E-state index in [0.717, 1.165) is 25.9 Å². The number of halogens is 1. The molecule has 1 saturated heterocycles. The quantitative estimate of drug-likeness (QED) is 0.784. The average Bonchev–Trinajstić information content (AvgIpc) is 2.32. The molecular weight excluding hydrogens is 280 g/mol. The van der Waals surface area contributed by atoms with Crippen molar-refractivity contribution in [3.8, 4) is 0 Å². The molecule has 0 aromatic heterocycles. The fraction of sp³-hybridized carbons (Fsp3) is 0.857. The van der Waals surface area contributed by atoms with E-state index in [2.05, 4.69) is 19.2 Å². The second kappa shape index (κ2) is 9.19. The van der Waals surface area contributed by atoms with Gasteiger partial charge in [0.1, 0.15) is 6.04 Å². The SMILES string of the molecule is CCCC(NCC(=O)N1CC(C)CC(C)C1)C(=O)O.Cl. The highest BCUT2D eigenvalue weighted by Gasteiger charge is 2.26. The molecule has 0 aromatic carbocycles. The fourth-order valence-electron chi connectivity index (χ4n) is 2.79. The van der Waals surface area contributed by atoms with Gasteiger partial charge in [-0.05, 0) is 24.7 Å². The van der Waals surface area contributed by atoms with Crippen LogP contribution in [0.15, 0.2) is 0 Å². The first-order valence-electron chi connectivity index (χ1n) is 7.18. The Kier molecular flexibility index (Phi) is 8.81. The van der Waals surface area contributed by atoms with Crippen LogP contribution in [0.2, 0.25) is 0 Å². The predicted molar refractivity (Wildman–Crippen MR) is 81.1 cm³/mol. The highest BCUT2D eigenvalue weighted by Crippen LogP contribution is 2.20. The number of nitrogens with zero attached hydrogens (tertiary/aromatic N) is 1. The van der Waals surface area contributed by atoms with E-state index in [4.69, 9.17) is 5.11 Å². The zero-order chi connectivity index (χ0) is 14.4. The van der Waals surface area contributed by atoms with Crippen LogP contribution in [-0.2, 0) is 9.59 Å². The first kappa shape index (κ1) is 19.2. The van der Waals surface area contributed by atoms with Crippen molar-refractivity contribution < 1.29 is 14.7 Å². The van der Waals surface area contributed by atoms with Crippen molar-refractivity contribution in [1.82, 2.24) is 10.2 Å². The summed E-state index contributed by atoms with van der Waals surface area (Å²) in [4.78, 5) is 24.9. The van der Waals surface area contributed by atoms with Crippen LogP contribution in [0, 0.1) is 11.8 Å². The molecule has 0 radical (unpaired) electrons. The van der Waals surface area contributed by atoms with Crippen molar-refractivity contribution in [3.63, 3.8) is 0 Å². The number of carboxylic acids is 1. The third-order valence-corrected chi connectivity index (χ3v) is 3.60. The Morgan fingerprint density at radius 2 is 1.85 bits per heavy atom. The maximum atomic E-state index is 12.1. The molecule has 1 rings (SSSR count). The predicted octanol–water partition coefficient (Wildman–Crippen LogP) is 1.76. The number of carbonyl (C=O) groups is 2. The lowest BCUT2D eigenvalue weighted by Crippen LogP contribution is -2.48. The Bertz CT molecular complexity index is 316. The summed E-state index contributed by atoms with van der Waals surface area (Å²) in [5, 5.41) is 11.9. The van der Waals surface area contributed by atoms with E-state index in [0.29, 0.717) is 18.3 Å². The van der Waals surface area contributed by atoms with E-state index in [1.807, 2.05) is 11.8 Å². The summed E-state index contributed by atoms with van der Waals surface area (Å²) in [5.74, 6) is 0.188. The van der Waals surface area contributed by atoms with Gasteiger partial charge in [-0.15, -0.1) is 12.4 Å². The molecular formula is C14H27ClN2O3. The molecule has 0 bridgehead atoms. The second-order valence-electron chi connectivity index (χ2n) is 5.81. The lowest BCUT2D eigenvalue weighted by Gasteiger charge is -2.35. The van der Waals surface area contributed by atoms with Crippen LogP contribution in [0.3, 0.4) is 0 Å². The largest absolute Gasteiger partial charge is 0.480 e. The van der Waals surface area contributed by atoms with Gasteiger partial charge in [0.2, 0.25) is 5.91 Å². The molecule has 2 N–H and O–H groups in total. The first-order chi connectivity index (χ1) is 8.93. The number of piperidine rings is 1. The van der Waals surface area contributed by atoms with Gasteiger partial charge in [0.05, 0.1) is 6.54 Å². The summed E-state index contributed by atoms with van der Waals surface area (Å²) < 4.78 is 0. The lowest BCUT2D eigenvalue weighted by atomic mass is 9.92. The van der Waals surface area contributed by atoms with E-state index in [-0.39, 0.29) is 24.9 Å². The Labute approximate surface area is 127 Å². The molecule has 1 amide bonds. The third-order valence-electron chi connectivity index (χ3n) is 3.60. The number of aliphatic carboxylic acids is 1. The van der Waals surface area contributed by atoms with Gasteiger partial charge in [0, 0.05) is 13.1 Å². The Hall–Kier alpha value is -0.810. The minimum Gasteiger partial charge on any atom is -0.480 e. The van der Waals surface area contributed by atoms with Gasteiger partial charge in [0.15, 0.2) is 0 Å². The number of amides is 1. The summed E-state index contributed by atoms with van der Waals surface area (Å²) in [6, 6.07) is -0.617. The Morgan fingerprint density at radius 1 is 1.30 bits per heavy atom. The van der Waals surface area contributed by atoms with Crippen LogP contribution in [0.5, 0.6) is 0 Å². The number of carboxylic acid groups (broad SMARTS) is 1. The van der Waals surface area contributed by atoms with Gasteiger partial charge >= 0.3 is 5.97 Å². The van der Waals surface area contributed by atoms with Crippen molar-refractivity contribution in [2.75, 3.05) is 19.6 Å². The molecule has 3 unspecified atom stereocenters. The van der Waals surface area contributed by atoms with Crippen LogP contribution < -0.4 is 5.32 Å². The molecule has 5 nitrogen and oxygen atoms in total. The van der Waals surface area contributed by atoms with E-state index in [1.165, 1.54) is 0 Å². The van der Waals surface area contributed by atoms with Crippen molar-refractivity contribution in [1.29, 1.82) is 0 Å². The molecule has 118 valence electrons. The van der Waals surface area contributed by atoms with Gasteiger partial charge < -0.3 is 10.0 Å². The Balaban J connectivity index is 0.00000361. The van der Waals surface area contributed by atoms with Gasteiger partial charge in [0.25, 0.3) is 0 Å². The molecule has 0 aromatic rings.